The van der Waals surface area contributed by atoms with Crippen LogP contribution in [0.4, 0.5) is 0 Å². The van der Waals surface area contributed by atoms with Gasteiger partial charge < -0.3 is 9.47 Å². The average Bonchev–Trinajstić information content (AvgIpc) is 3.09. The van der Waals surface area contributed by atoms with Gasteiger partial charge in [0.25, 0.3) is 0 Å². The molecule has 0 aromatic heterocycles. The zero-order valence-electron chi connectivity index (χ0n) is 8.91. The fourth-order valence-corrected chi connectivity index (χ4v) is 1.67. The van der Waals surface area contributed by atoms with Gasteiger partial charge in [0, 0.05) is 6.07 Å². The zero-order valence-corrected chi connectivity index (χ0v) is 8.91. The van der Waals surface area contributed by atoms with Gasteiger partial charge in [-0.25, -0.2) is 0 Å². The molecule has 0 radical (unpaired) electrons. The van der Waals surface area contributed by atoms with Gasteiger partial charge in [0.15, 0.2) is 0 Å². The Labute approximate surface area is 89.2 Å². The maximum atomic E-state index is 9.11. The summed E-state index contributed by atoms with van der Waals surface area (Å²) < 4.78 is 10.4. The maximum absolute atomic E-state index is 9.11. The maximum Gasteiger partial charge on any atom is 0.122 e. The molecule has 1 aliphatic rings. The number of rotatable bonds is 3. The first-order valence-corrected chi connectivity index (χ1v) is 4.89. The minimum atomic E-state index is -0.290. The highest BCUT2D eigenvalue weighted by Gasteiger charge is 2.45. The molecule has 3 heteroatoms. The summed E-state index contributed by atoms with van der Waals surface area (Å²) in [6.45, 7) is 0. The third kappa shape index (κ3) is 1.63. The lowest BCUT2D eigenvalue weighted by Gasteiger charge is -2.11. The molecule has 0 saturated heterocycles. The van der Waals surface area contributed by atoms with Crippen molar-refractivity contribution in [1.82, 2.24) is 0 Å². The Balaban J connectivity index is 2.44. The van der Waals surface area contributed by atoms with Crippen LogP contribution in [0.15, 0.2) is 18.2 Å². The largest absolute Gasteiger partial charge is 0.497 e. The molecule has 15 heavy (non-hydrogen) atoms. The number of ether oxygens (including phenoxy) is 2. The van der Waals surface area contributed by atoms with Crippen molar-refractivity contribution in [2.45, 2.75) is 18.3 Å². The van der Waals surface area contributed by atoms with Crippen molar-refractivity contribution in [3.8, 4) is 17.6 Å². The number of nitriles is 1. The third-order valence-electron chi connectivity index (χ3n) is 2.87. The highest BCUT2D eigenvalue weighted by molar-refractivity contribution is 5.47. The van der Waals surface area contributed by atoms with Crippen molar-refractivity contribution < 1.29 is 9.47 Å². The van der Waals surface area contributed by atoms with Gasteiger partial charge in [-0.15, -0.1) is 0 Å². The monoisotopic (exact) mass is 203 g/mol. The topological polar surface area (TPSA) is 42.2 Å². The second-order valence-electron chi connectivity index (χ2n) is 3.80. The number of methoxy groups -OCH3 is 2. The first kappa shape index (κ1) is 9.85. The molecule has 0 unspecified atom stereocenters. The van der Waals surface area contributed by atoms with Gasteiger partial charge in [-0.1, -0.05) is 0 Å². The van der Waals surface area contributed by atoms with E-state index >= 15 is 0 Å². The molecule has 1 aliphatic carbocycles. The van der Waals surface area contributed by atoms with Crippen molar-refractivity contribution in [2.24, 2.45) is 0 Å². The first-order valence-electron chi connectivity index (χ1n) is 4.89. The van der Waals surface area contributed by atoms with E-state index in [1.54, 1.807) is 14.2 Å². The summed E-state index contributed by atoms with van der Waals surface area (Å²) >= 11 is 0. The van der Waals surface area contributed by atoms with E-state index in [1.165, 1.54) is 0 Å². The predicted molar refractivity (Wildman–Crippen MR) is 56.1 cm³/mol. The number of benzene rings is 1. The van der Waals surface area contributed by atoms with Gasteiger partial charge in [-0.05, 0) is 30.5 Å². The van der Waals surface area contributed by atoms with E-state index < -0.39 is 0 Å². The highest BCUT2D eigenvalue weighted by Crippen LogP contribution is 2.49. The van der Waals surface area contributed by atoms with Gasteiger partial charge in [-0.2, -0.15) is 5.26 Å². The normalized spacial score (nSPS) is 16.6. The molecule has 0 aliphatic heterocycles. The lowest BCUT2D eigenvalue weighted by Crippen LogP contribution is -2.03. The van der Waals surface area contributed by atoms with Crippen LogP contribution in [-0.4, -0.2) is 14.2 Å². The van der Waals surface area contributed by atoms with Crippen molar-refractivity contribution >= 4 is 0 Å². The molecule has 1 aromatic rings. The number of nitrogens with zero attached hydrogens (tertiary/aromatic N) is 1. The Kier molecular flexibility index (Phi) is 2.28. The van der Waals surface area contributed by atoms with Crippen LogP contribution in [-0.2, 0) is 5.41 Å². The van der Waals surface area contributed by atoms with Crippen LogP contribution in [0, 0.1) is 11.3 Å². The molecular formula is C12H13NO2. The molecule has 0 amide bonds. The van der Waals surface area contributed by atoms with Crippen molar-refractivity contribution in [3.63, 3.8) is 0 Å². The molecular weight excluding hydrogens is 190 g/mol. The molecule has 2 rings (SSSR count). The minimum Gasteiger partial charge on any atom is -0.497 e. The molecule has 3 nitrogen and oxygen atoms in total. The summed E-state index contributed by atoms with van der Waals surface area (Å²) in [4.78, 5) is 0. The Bertz CT molecular complexity index is 394. The van der Waals surface area contributed by atoms with Crippen molar-refractivity contribution in [3.05, 3.63) is 23.8 Å². The number of hydrogen-bond acceptors (Lipinski definition) is 3. The minimum absolute atomic E-state index is 0.290. The second kappa shape index (κ2) is 3.47. The quantitative estimate of drug-likeness (QED) is 0.756. The van der Waals surface area contributed by atoms with Gasteiger partial charge in [0.1, 0.15) is 11.5 Å². The van der Waals surface area contributed by atoms with Crippen LogP contribution >= 0.6 is 0 Å². The molecule has 0 atom stereocenters. The van der Waals surface area contributed by atoms with E-state index in [-0.39, 0.29) is 5.41 Å². The van der Waals surface area contributed by atoms with Gasteiger partial charge in [0.05, 0.1) is 25.7 Å². The Morgan fingerprint density at radius 1 is 1.13 bits per heavy atom. The van der Waals surface area contributed by atoms with E-state index in [2.05, 4.69) is 6.07 Å². The van der Waals surface area contributed by atoms with Gasteiger partial charge in [0.2, 0.25) is 0 Å². The SMILES string of the molecule is COc1cc(OC)cc(C2(C#N)CC2)c1. The summed E-state index contributed by atoms with van der Waals surface area (Å²) in [7, 11) is 3.23. The summed E-state index contributed by atoms with van der Waals surface area (Å²) in [5.74, 6) is 1.48. The number of hydrogen-bond donors (Lipinski definition) is 0. The molecule has 1 saturated carbocycles. The summed E-state index contributed by atoms with van der Waals surface area (Å²) in [6.07, 6.45) is 1.86. The fourth-order valence-electron chi connectivity index (χ4n) is 1.67. The molecule has 0 spiro atoms. The van der Waals surface area contributed by atoms with E-state index in [9.17, 15) is 0 Å². The molecule has 0 heterocycles. The van der Waals surface area contributed by atoms with Crippen LogP contribution in [0.3, 0.4) is 0 Å². The van der Waals surface area contributed by atoms with Crippen LogP contribution in [0.2, 0.25) is 0 Å². The van der Waals surface area contributed by atoms with E-state index in [4.69, 9.17) is 14.7 Å². The van der Waals surface area contributed by atoms with Crippen LogP contribution < -0.4 is 9.47 Å². The van der Waals surface area contributed by atoms with Crippen molar-refractivity contribution in [2.75, 3.05) is 14.2 Å². The predicted octanol–water partition coefficient (Wildman–Crippen LogP) is 2.26. The molecule has 1 fully saturated rings. The van der Waals surface area contributed by atoms with E-state index in [1.807, 2.05) is 18.2 Å². The van der Waals surface area contributed by atoms with Crippen LogP contribution in [0.25, 0.3) is 0 Å². The van der Waals surface area contributed by atoms with Gasteiger partial charge in [-0.3, -0.25) is 0 Å². The smallest absolute Gasteiger partial charge is 0.122 e. The fraction of sp³-hybridized carbons (Fsp3) is 0.417. The summed E-state index contributed by atoms with van der Waals surface area (Å²) in [5, 5.41) is 9.11. The van der Waals surface area contributed by atoms with Crippen LogP contribution in [0.5, 0.6) is 11.5 Å². The van der Waals surface area contributed by atoms with E-state index in [0.717, 1.165) is 29.9 Å². The van der Waals surface area contributed by atoms with E-state index in [0.29, 0.717) is 0 Å². The standard InChI is InChI=1S/C12H13NO2/c1-14-10-5-9(6-11(7-10)15-2)12(8-13)3-4-12/h5-7H,3-4H2,1-2H3. The van der Waals surface area contributed by atoms with Gasteiger partial charge >= 0.3 is 0 Å². The Morgan fingerprint density at radius 2 is 1.67 bits per heavy atom. The van der Waals surface area contributed by atoms with Crippen LogP contribution in [0.1, 0.15) is 18.4 Å². The molecule has 0 N–H and O–H groups in total. The summed E-state index contributed by atoms with van der Waals surface area (Å²) in [5.41, 5.74) is 0.711. The molecule has 78 valence electrons. The third-order valence-corrected chi connectivity index (χ3v) is 2.87. The lowest BCUT2D eigenvalue weighted by atomic mass is 9.97. The highest BCUT2D eigenvalue weighted by atomic mass is 16.5. The summed E-state index contributed by atoms with van der Waals surface area (Å²) in [6, 6.07) is 8.01. The second-order valence-corrected chi connectivity index (χ2v) is 3.80. The Morgan fingerprint density at radius 3 is 2.00 bits per heavy atom. The average molecular weight is 203 g/mol. The first-order chi connectivity index (χ1) is 7.24. The lowest BCUT2D eigenvalue weighted by molar-refractivity contribution is 0.393. The zero-order chi connectivity index (χ0) is 10.9. The molecule has 0 bridgehead atoms. The Hall–Kier alpha value is -1.69. The molecule has 1 aromatic carbocycles. The van der Waals surface area contributed by atoms with Crippen molar-refractivity contribution in [1.29, 1.82) is 5.26 Å².